The van der Waals surface area contributed by atoms with Crippen LogP contribution in [0.15, 0.2) is 18.2 Å². The Morgan fingerprint density at radius 1 is 1.47 bits per heavy atom. The quantitative estimate of drug-likeness (QED) is 0.791. The molecule has 1 aromatic rings. The van der Waals surface area contributed by atoms with Crippen molar-refractivity contribution in [1.29, 1.82) is 0 Å². The lowest BCUT2D eigenvalue weighted by Crippen LogP contribution is -2.28. The second kappa shape index (κ2) is 5.47. The normalized spacial score (nSPS) is 10.4. The molecule has 0 atom stereocenters. The predicted octanol–water partition coefficient (Wildman–Crippen LogP) is 1.71. The Kier molecular flexibility index (Phi) is 4.25. The average molecular weight is 243 g/mol. The summed E-state index contributed by atoms with van der Waals surface area (Å²) < 4.78 is 25.4. The topological polar surface area (TPSA) is 58.4 Å². The number of anilines is 2. The first-order valence-corrected chi connectivity index (χ1v) is 5.03. The highest BCUT2D eigenvalue weighted by molar-refractivity contribution is 5.80. The third kappa shape index (κ3) is 3.58. The van der Waals surface area contributed by atoms with Crippen LogP contribution in [0.1, 0.15) is 12.0 Å². The van der Waals surface area contributed by atoms with E-state index in [1.165, 1.54) is 23.1 Å². The molecule has 1 aromatic carbocycles. The van der Waals surface area contributed by atoms with Gasteiger partial charge in [0, 0.05) is 31.0 Å². The van der Waals surface area contributed by atoms with E-state index in [0.717, 1.165) is 0 Å². The van der Waals surface area contributed by atoms with Gasteiger partial charge in [-0.2, -0.15) is 0 Å². The summed E-state index contributed by atoms with van der Waals surface area (Å²) in [5.41, 5.74) is 5.73. The lowest BCUT2D eigenvalue weighted by Gasteiger charge is -2.14. The molecule has 0 aliphatic rings. The molecule has 0 heterocycles. The fourth-order valence-corrected chi connectivity index (χ4v) is 1.25. The molecule has 0 saturated carbocycles. The number of nitrogen functional groups attached to an aromatic ring is 1. The summed E-state index contributed by atoms with van der Waals surface area (Å²) in [6.07, 6.45) is -2.63. The van der Waals surface area contributed by atoms with Gasteiger partial charge in [0.15, 0.2) is 0 Å². The van der Waals surface area contributed by atoms with Crippen molar-refractivity contribution in [2.75, 3.05) is 31.7 Å². The summed E-state index contributed by atoms with van der Waals surface area (Å²) in [7, 11) is 3.20. The van der Waals surface area contributed by atoms with Crippen LogP contribution in [0.4, 0.5) is 20.2 Å². The van der Waals surface area contributed by atoms with Crippen LogP contribution in [-0.4, -0.2) is 31.4 Å². The minimum Gasteiger partial charge on any atom is -0.399 e. The summed E-state index contributed by atoms with van der Waals surface area (Å²) in [5.74, 6) is -0.193. The number of benzene rings is 1. The molecule has 0 fully saturated rings. The fraction of sp³-hybridized carbons (Fsp3) is 0.364. The van der Waals surface area contributed by atoms with Crippen molar-refractivity contribution in [3.8, 4) is 0 Å². The molecule has 1 rings (SSSR count). The van der Waals surface area contributed by atoms with E-state index in [1.54, 1.807) is 14.1 Å². The molecular weight excluding hydrogens is 228 g/mol. The zero-order valence-electron chi connectivity index (χ0n) is 9.71. The van der Waals surface area contributed by atoms with Crippen molar-refractivity contribution in [2.45, 2.75) is 6.43 Å². The average Bonchev–Trinajstić information content (AvgIpc) is 2.26. The molecule has 0 aliphatic heterocycles. The van der Waals surface area contributed by atoms with Gasteiger partial charge in [0.05, 0.1) is 6.54 Å². The molecule has 0 saturated heterocycles. The van der Waals surface area contributed by atoms with Gasteiger partial charge in [-0.05, 0) is 18.2 Å². The van der Waals surface area contributed by atoms with Gasteiger partial charge < -0.3 is 16.0 Å². The number of hydrogen-bond donors (Lipinski definition) is 2. The van der Waals surface area contributed by atoms with Crippen LogP contribution >= 0.6 is 0 Å². The van der Waals surface area contributed by atoms with Gasteiger partial charge in [-0.25, -0.2) is 8.78 Å². The smallest absolute Gasteiger partial charge is 0.265 e. The van der Waals surface area contributed by atoms with Gasteiger partial charge in [-0.3, -0.25) is 4.79 Å². The highest BCUT2D eigenvalue weighted by Gasteiger charge is 2.14. The van der Waals surface area contributed by atoms with Crippen LogP contribution < -0.4 is 11.1 Å². The van der Waals surface area contributed by atoms with E-state index in [-0.39, 0.29) is 29.4 Å². The first-order valence-electron chi connectivity index (χ1n) is 5.03. The molecule has 0 spiro atoms. The number of hydrogen-bond acceptors (Lipinski definition) is 3. The highest BCUT2D eigenvalue weighted by atomic mass is 19.3. The third-order valence-corrected chi connectivity index (χ3v) is 2.24. The maximum absolute atomic E-state index is 12.7. The Hall–Kier alpha value is -1.85. The monoisotopic (exact) mass is 243 g/mol. The minimum absolute atomic E-state index is 0.0311. The predicted molar refractivity (Wildman–Crippen MR) is 63.0 cm³/mol. The van der Waals surface area contributed by atoms with Crippen LogP contribution in [0.25, 0.3) is 0 Å². The number of alkyl halides is 2. The van der Waals surface area contributed by atoms with Gasteiger partial charge in [0.2, 0.25) is 5.91 Å². The molecule has 0 unspecified atom stereocenters. The maximum Gasteiger partial charge on any atom is 0.265 e. The molecule has 0 aromatic heterocycles. The van der Waals surface area contributed by atoms with E-state index in [9.17, 15) is 13.6 Å². The van der Waals surface area contributed by atoms with Crippen molar-refractivity contribution in [3.63, 3.8) is 0 Å². The van der Waals surface area contributed by atoms with E-state index in [2.05, 4.69) is 5.32 Å². The molecule has 3 N–H and O–H groups in total. The summed E-state index contributed by atoms with van der Waals surface area (Å²) in [6, 6.07) is 4.15. The molecule has 1 amide bonds. The molecule has 0 aliphatic carbocycles. The van der Waals surface area contributed by atoms with Crippen LogP contribution in [-0.2, 0) is 4.79 Å². The molecular formula is C11H15F2N3O. The molecule has 17 heavy (non-hydrogen) atoms. The van der Waals surface area contributed by atoms with Gasteiger partial charge in [-0.1, -0.05) is 0 Å². The largest absolute Gasteiger partial charge is 0.399 e. The summed E-state index contributed by atoms with van der Waals surface area (Å²) >= 11 is 0. The number of nitrogens with zero attached hydrogens (tertiary/aromatic N) is 1. The van der Waals surface area contributed by atoms with Crippen molar-refractivity contribution in [1.82, 2.24) is 4.90 Å². The highest BCUT2D eigenvalue weighted by Crippen LogP contribution is 2.28. The Balaban J connectivity index is 2.80. The number of carbonyl (C=O) groups is 1. The summed E-state index contributed by atoms with van der Waals surface area (Å²) in [6.45, 7) is -0.0311. The van der Waals surface area contributed by atoms with Crippen LogP contribution in [0.5, 0.6) is 0 Å². The first-order chi connectivity index (χ1) is 7.91. The summed E-state index contributed by atoms with van der Waals surface area (Å²) in [5, 5.41) is 2.68. The van der Waals surface area contributed by atoms with E-state index in [0.29, 0.717) is 0 Å². The molecule has 4 nitrogen and oxygen atoms in total. The van der Waals surface area contributed by atoms with Crippen molar-refractivity contribution in [3.05, 3.63) is 23.8 Å². The number of nitrogens with two attached hydrogens (primary N) is 1. The number of amides is 1. The van der Waals surface area contributed by atoms with Crippen LogP contribution in [0.3, 0.4) is 0 Å². The maximum atomic E-state index is 12.7. The van der Waals surface area contributed by atoms with E-state index >= 15 is 0 Å². The number of nitrogens with one attached hydrogen (secondary N) is 1. The summed E-state index contributed by atoms with van der Waals surface area (Å²) in [4.78, 5) is 12.7. The minimum atomic E-state index is -2.63. The van der Waals surface area contributed by atoms with Crippen molar-refractivity contribution in [2.24, 2.45) is 0 Å². The molecule has 6 heteroatoms. The first kappa shape index (κ1) is 13.2. The Morgan fingerprint density at radius 2 is 2.12 bits per heavy atom. The second-order valence-corrected chi connectivity index (χ2v) is 3.79. The fourth-order valence-electron chi connectivity index (χ4n) is 1.25. The standard InChI is InChI=1S/C11H15F2N3O/c1-16(2)10(17)6-15-9-4-3-7(14)5-8(9)11(12)13/h3-5,11,15H,6,14H2,1-2H3. The number of halogens is 2. The van der Waals surface area contributed by atoms with Crippen molar-refractivity contribution < 1.29 is 13.6 Å². The molecule has 94 valence electrons. The molecule has 0 bridgehead atoms. The van der Waals surface area contributed by atoms with E-state index in [1.807, 2.05) is 0 Å². The van der Waals surface area contributed by atoms with Crippen LogP contribution in [0.2, 0.25) is 0 Å². The van der Waals surface area contributed by atoms with E-state index in [4.69, 9.17) is 5.73 Å². The zero-order chi connectivity index (χ0) is 13.0. The number of carbonyl (C=O) groups excluding carboxylic acids is 1. The Morgan fingerprint density at radius 3 is 2.65 bits per heavy atom. The Labute approximate surface area is 98.4 Å². The third-order valence-electron chi connectivity index (χ3n) is 2.24. The van der Waals surface area contributed by atoms with Gasteiger partial charge in [0.25, 0.3) is 6.43 Å². The van der Waals surface area contributed by atoms with Gasteiger partial charge >= 0.3 is 0 Å². The number of rotatable bonds is 4. The van der Waals surface area contributed by atoms with E-state index < -0.39 is 6.43 Å². The van der Waals surface area contributed by atoms with Gasteiger partial charge in [0.1, 0.15) is 0 Å². The lowest BCUT2D eigenvalue weighted by molar-refractivity contribution is -0.126. The lowest BCUT2D eigenvalue weighted by atomic mass is 10.1. The zero-order valence-corrected chi connectivity index (χ0v) is 9.71. The number of likely N-dealkylation sites (N-methyl/N-ethyl adjacent to an activating group) is 1. The van der Waals surface area contributed by atoms with Crippen molar-refractivity contribution >= 4 is 17.3 Å². The second-order valence-electron chi connectivity index (χ2n) is 3.79. The Bertz CT molecular complexity index is 408. The SMILES string of the molecule is CN(C)C(=O)CNc1ccc(N)cc1C(F)F. The van der Waals surface area contributed by atoms with Gasteiger partial charge in [-0.15, -0.1) is 0 Å². The van der Waals surface area contributed by atoms with Crippen LogP contribution in [0, 0.1) is 0 Å². The molecule has 0 radical (unpaired) electrons.